The molecule has 2 aromatic rings. The van der Waals surface area contributed by atoms with Crippen molar-refractivity contribution in [2.75, 3.05) is 5.32 Å². The molecule has 0 fully saturated rings. The van der Waals surface area contributed by atoms with Crippen LogP contribution in [0.4, 0.5) is 10.1 Å². The molecule has 1 unspecified atom stereocenters. The molecule has 0 aromatic heterocycles. The molecule has 0 aliphatic rings. The van der Waals surface area contributed by atoms with Crippen LogP contribution >= 0.6 is 27.5 Å². The Bertz CT molecular complexity index is 631. The number of anilines is 1. The van der Waals surface area contributed by atoms with Gasteiger partial charge in [-0.25, -0.2) is 9.18 Å². The van der Waals surface area contributed by atoms with E-state index in [1.165, 1.54) is 18.2 Å². The molecule has 1 atom stereocenters. The van der Waals surface area contributed by atoms with Crippen LogP contribution in [-0.2, 0) is 4.79 Å². The number of hydrogen-bond acceptors (Lipinski definition) is 2. The number of hydrogen-bond donors (Lipinski definition) is 2. The van der Waals surface area contributed by atoms with Crippen LogP contribution in [0.15, 0.2) is 46.9 Å². The van der Waals surface area contributed by atoms with Gasteiger partial charge in [0, 0.05) is 20.7 Å². The lowest BCUT2D eigenvalue weighted by molar-refractivity contribution is -0.138. The van der Waals surface area contributed by atoms with Crippen LogP contribution in [0.2, 0.25) is 5.02 Å². The Morgan fingerprint density at radius 3 is 2.55 bits per heavy atom. The Morgan fingerprint density at radius 1 is 1.25 bits per heavy atom. The van der Waals surface area contributed by atoms with E-state index in [0.29, 0.717) is 10.2 Å². The maximum atomic E-state index is 13.9. The first-order valence-corrected chi connectivity index (χ1v) is 6.85. The number of halogens is 3. The molecular formula is C14H10BrClFNO2. The molecule has 20 heavy (non-hydrogen) atoms. The molecular weight excluding hydrogens is 349 g/mol. The fourth-order valence-electron chi connectivity index (χ4n) is 1.78. The fraction of sp³-hybridized carbons (Fsp3) is 0.0714. The van der Waals surface area contributed by atoms with Crippen molar-refractivity contribution >= 4 is 39.2 Å². The Morgan fingerprint density at radius 2 is 1.95 bits per heavy atom. The molecule has 0 amide bonds. The summed E-state index contributed by atoms with van der Waals surface area (Å²) in [6.07, 6.45) is 0. The summed E-state index contributed by atoms with van der Waals surface area (Å²) >= 11 is 9.22. The van der Waals surface area contributed by atoms with E-state index < -0.39 is 17.8 Å². The number of carboxylic acid groups (broad SMARTS) is 1. The minimum atomic E-state index is -1.28. The van der Waals surface area contributed by atoms with Gasteiger partial charge in [0.25, 0.3) is 0 Å². The summed E-state index contributed by atoms with van der Waals surface area (Å²) in [7, 11) is 0. The zero-order valence-corrected chi connectivity index (χ0v) is 12.5. The summed E-state index contributed by atoms with van der Waals surface area (Å²) in [5.41, 5.74) is 0.455. The van der Waals surface area contributed by atoms with Crippen molar-refractivity contribution in [3.8, 4) is 0 Å². The van der Waals surface area contributed by atoms with E-state index in [4.69, 9.17) is 11.6 Å². The lowest BCUT2D eigenvalue weighted by Crippen LogP contribution is -2.22. The average molecular weight is 359 g/mol. The Hall–Kier alpha value is -1.59. The van der Waals surface area contributed by atoms with E-state index in [-0.39, 0.29) is 10.6 Å². The van der Waals surface area contributed by atoms with Crippen molar-refractivity contribution in [2.24, 2.45) is 0 Å². The number of nitrogens with one attached hydrogen (secondary N) is 1. The molecule has 0 heterocycles. The molecule has 0 saturated heterocycles. The molecule has 2 rings (SSSR count). The number of carbonyl (C=O) groups is 1. The Kier molecular flexibility index (Phi) is 4.62. The summed E-state index contributed by atoms with van der Waals surface area (Å²) in [5.74, 6) is -1.88. The zero-order valence-electron chi connectivity index (χ0n) is 10.1. The molecule has 0 aliphatic heterocycles. The van der Waals surface area contributed by atoms with E-state index in [9.17, 15) is 14.3 Å². The summed E-state index contributed by atoms with van der Waals surface area (Å²) in [4.78, 5) is 11.4. The molecule has 0 saturated carbocycles. The van der Waals surface area contributed by atoms with E-state index in [2.05, 4.69) is 21.2 Å². The number of aliphatic carboxylic acids is 1. The maximum absolute atomic E-state index is 13.9. The third-order valence-corrected chi connectivity index (χ3v) is 3.73. The van der Waals surface area contributed by atoms with Crippen LogP contribution in [0.25, 0.3) is 0 Å². The normalized spacial score (nSPS) is 11.9. The summed E-state index contributed by atoms with van der Waals surface area (Å²) in [6, 6.07) is 9.77. The van der Waals surface area contributed by atoms with Gasteiger partial charge in [0.15, 0.2) is 6.04 Å². The lowest BCUT2D eigenvalue weighted by atomic mass is 10.1. The topological polar surface area (TPSA) is 49.3 Å². The number of rotatable bonds is 4. The number of benzene rings is 2. The molecule has 0 aliphatic carbocycles. The molecule has 0 bridgehead atoms. The summed E-state index contributed by atoms with van der Waals surface area (Å²) in [5, 5.41) is 12.2. The monoisotopic (exact) mass is 357 g/mol. The Labute approximate surface area is 128 Å². The number of carboxylic acids is 1. The van der Waals surface area contributed by atoms with Gasteiger partial charge in [0.2, 0.25) is 0 Å². The molecule has 3 nitrogen and oxygen atoms in total. The maximum Gasteiger partial charge on any atom is 0.330 e. The van der Waals surface area contributed by atoms with Crippen LogP contribution in [-0.4, -0.2) is 11.1 Å². The summed E-state index contributed by atoms with van der Waals surface area (Å²) < 4.78 is 14.5. The SMILES string of the molecule is O=C(O)C(Nc1ccccc1Br)c1c(F)cccc1Cl. The van der Waals surface area contributed by atoms with Crippen LogP contribution < -0.4 is 5.32 Å². The first-order chi connectivity index (χ1) is 9.50. The fourth-order valence-corrected chi connectivity index (χ4v) is 2.45. The third kappa shape index (κ3) is 3.11. The van der Waals surface area contributed by atoms with Gasteiger partial charge in [-0.05, 0) is 40.2 Å². The highest BCUT2D eigenvalue weighted by Gasteiger charge is 2.26. The Balaban J connectivity index is 2.43. The van der Waals surface area contributed by atoms with Crippen LogP contribution in [0.5, 0.6) is 0 Å². The molecule has 104 valence electrons. The molecule has 0 spiro atoms. The molecule has 2 N–H and O–H groups in total. The van der Waals surface area contributed by atoms with Gasteiger partial charge in [-0.15, -0.1) is 0 Å². The van der Waals surface area contributed by atoms with Gasteiger partial charge in [-0.2, -0.15) is 0 Å². The van der Waals surface area contributed by atoms with E-state index in [0.717, 1.165) is 0 Å². The number of para-hydroxylation sites is 1. The molecule has 2 aromatic carbocycles. The first kappa shape index (κ1) is 14.8. The lowest BCUT2D eigenvalue weighted by Gasteiger charge is -2.18. The van der Waals surface area contributed by atoms with Crippen molar-refractivity contribution in [2.45, 2.75) is 6.04 Å². The van der Waals surface area contributed by atoms with Crippen molar-refractivity contribution < 1.29 is 14.3 Å². The van der Waals surface area contributed by atoms with E-state index in [1.54, 1.807) is 24.3 Å². The second-order valence-electron chi connectivity index (χ2n) is 4.03. The standard InChI is InChI=1S/C14H10BrClFNO2/c15-8-4-1-2-7-11(8)18-13(14(19)20)12-9(16)5-3-6-10(12)17/h1-7,13,18H,(H,19,20). The minimum absolute atomic E-state index is 0.0666. The second-order valence-corrected chi connectivity index (χ2v) is 5.29. The largest absolute Gasteiger partial charge is 0.479 e. The van der Waals surface area contributed by atoms with Crippen molar-refractivity contribution in [1.29, 1.82) is 0 Å². The highest BCUT2D eigenvalue weighted by molar-refractivity contribution is 9.10. The second kappa shape index (κ2) is 6.24. The van der Waals surface area contributed by atoms with Gasteiger partial charge in [-0.3, -0.25) is 0 Å². The predicted octanol–water partition coefficient (Wildman–Crippen LogP) is 4.48. The molecule has 0 radical (unpaired) electrons. The predicted molar refractivity (Wildman–Crippen MR) is 79.6 cm³/mol. The quantitative estimate of drug-likeness (QED) is 0.847. The summed E-state index contributed by atoms with van der Waals surface area (Å²) in [6.45, 7) is 0. The minimum Gasteiger partial charge on any atom is -0.479 e. The highest BCUT2D eigenvalue weighted by Crippen LogP contribution is 2.31. The third-order valence-electron chi connectivity index (χ3n) is 2.71. The average Bonchev–Trinajstić information content (AvgIpc) is 2.39. The van der Waals surface area contributed by atoms with Crippen molar-refractivity contribution in [3.63, 3.8) is 0 Å². The smallest absolute Gasteiger partial charge is 0.330 e. The van der Waals surface area contributed by atoms with Crippen molar-refractivity contribution in [1.82, 2.24) is 0 Å². The van der Waals surface area contributed by atoms with Crippen LogP contribution in [0.1, 0.15) is 11.6 Å². The van der Waals surface area contributed by atoms with Gasteiger partial charge in [0.1, 0.15) is 5.82 Å². The van der Waals surface area contributed by atoms with Crippen LogP contribution in [0.3, 0.4) is 0 Å². The van der Waals surface area contributed by atoms with Crippen molar-refractivity contribution in [3.05, 3.63) is 63.3 Å². The van der Waals surface area contributed by atoms with E-state index >= 15 is 0 Å². The van der Waals surface area contributed by atoms with Gasteiger partial charge < -0.3 is 10.4 Å². The van der Waals surface area contributed by atoms with Gasteiger partial charge >= 0.3 is 5.97 Å². The highest BCUT2D eigenvalue weighted by atomic mass is 79.9. The van der Waals surface area contributed by atoms with E-state index in [1.807, 2.05) is 0 Å². The molecule has 6 heteroatoms. The van der Waals surface area contributed by atoms with Gasteiger partial charge in [0.05, 0.1) is 0 Å². The van der Waals surface area contributed by atoms with Gasteiger partial charge in [-0.1, -0.05) is 29.8 Å². The van der Waals surface area contributed by atoms with Crippen LogP contribution in [0, 0.1) is 5.82 Å². The first-order valence-electron chi connectivity index (χ1n) is 5.68. The zero-order chi connectivity index (χ0) is 14.7.